The van der Waals surface area contributed by atoms with E-state index in [0.717, 1.165) is 11.5 Å². The topological polar surface area (TPSA) is 24.9 Å². The molecule has 0 saturated carbocycles. The van der Waals surface area contributed by atoms with Gasteiger partial charge in [-0.3, -0.25) is 4.90 Å². The number of piperidine rings is 3. The molecule has 6 rings (SSSR count). The third kappa shape index (κ3) is 4.08. The van der Waals surface area contributed by atoms with E-state index in [1.54, 1.807) is 14.2 Å². The quantitative estimate of drug-likeness (QED) is 0.487. The van der Waals surface area contributed by atoms with Gasteiger partial charge in [-0.25, -0.2) is 0 Å². The largest absolute Gasteiger partial charge is 0.497 e. The van der Waals surface area contributed by atoms with Crippen LogP contribution < -0.4 is 14.4 Å². The number of anilines is 1. The van der Waals surface area contributed by atoms with E-state index in [4.69, 9.17) is 9.47 Å². The normalized spacial score (nSPS) is 24.8. The Morgan fingerprint density at radius 1 is 0.818 bits per heavy atom. The van der Waals surface area contributed by atoms with Crippen LogP contribution in [0.1, 0.15) is 29.9 Å². The fourth-order valence-electron chi connectivity index (χ4n) is 6.17. The minimum atomic E-state index is 0.256. The molecule has 3 atom stereocenters. The first-order valence-corrected chi connectivity index (χ1v) is 12.0. The Labute approximate surface area is 197 Å². The van der Waals surface area contributed by atoms with Crippen molar-refractivity contribution in [3.05, 3.63) is 90.0 Å². The van der Waals surface area contributed by atoms with Crippen LogP contribution >= 0.6 is 0 Å². The summed E-state index contributed by atoms with van der Waals surface area (Å²) >= 11 is 0. The maximum Gasteiger partial charge on any atom is 0.142 e. The van der Waals surface area contributed by atoms with Crippen LogP contribution in [-0.2, 0) is 0 Å². The molecule has 3 heterocycles. The van der Waals surface area contributed by atoms with Crippen molar-refractivity contribution in [3.8, 4) is 11.5 Å². The predicted molar refractivity (Wildman–Crippen MR) is 135 cm³/mol. The number of nitrogens with zero attached hydrogens (tertiary/aromatic N) is 2. The molecular formula is C29H34N2O2. The smallest absolute Gasteiger partial charge is 0.142 e. The molecule has 0 aromatic heterocycles. The summed E-state index contributed by atoms with van der Waals surface area (Å²) in [4.78, 5) is 5.23. The minimum absolute atomic E-state index is 0.256. The minimum Gasteiger partial charge on any atom is -0.497 e. The van der Waals surface area contributed by atoms with E-state index in [1.807, 2.05) is 12.1 Å². The van der Waals surface area contributed by atoms with Crippen molar-refractivity contribution < 1.29 is 9.47 Å². The van der Waals surface area contributed by atoms with Gasteiger partial charge in [0.15, 0.2) is 0 Å². The molecule has 172 valence electrons. The van der Waals surface area contributed by atoms with Gasteiger partial charge in [-0.15, -0.1) is 0 Å². The van der Waals surface area contributed by atoms with E-state index in [1.165, 1.54) is 42.7 Å². The Morgan fingerprint density at radius 3 is 2.24 bits per heavy atom. The number of fused-ring (bicyclic) bond motifs is 3. The zero-order valence-corrected chi connectivity index (χ0v) is 19.9. The summed E-state index contributed by atoms with van der Waals surface area (Å²) in [7, 11) is 5.77. The number of benzene rings is 3. The summed E-state index contributed by atoms with van der Waals surface area (Å²) in [5.74, 6) is 2.77. The first-order valence-electron chi connectivity index (χ1n) is 12.0. The van der Waals surface area contributed by atoms with Crippen molar-refractivity contribution in [1.82, 2.24) is 4.90 Å². The SMILES string of the molecule is COc1cccc([C@H](c2ccccc2)[C@@H]2[C@H](N(C)c3ccccc3OC)C3CCN2CC3)c1. The lowest BCUT2D eigenvalue weighted by Crippen LogP contribution is -2.65. The van der Waals surface area contributed by atoms with Crippen LogP contribution in [0.5, 0.6) is 11.5 Å². The Morgan fingerprint density at radius 2 is 1.52 bits per heavy atom. The predicted octanol–water partition coefficient (Wildman–Crippen LogP) is 5.43. The van der Waals surface area contributed by atoms with Crippen LogP contribution in [0.25, 0.3) is 0 Å². The highest BCUT2D eigenvalue weighted by atomic mass is 16.5. The van der Waals surface area contributed by atoms with Crippen LogP contribution in [-0.4, -0.2) is 51.3 Å². The van der Waals surface area contributed by atoms with E-state index in [0.29, 0.717) is 18.0 Å². The molecule has 3 aromatic rings. The molecule has 33 heavy (non-hydrogen) atoms. The van der Waals surface area contributed by atoms with Crippen molar-refractivity contribution >= 4 is 5.69 Å². The molecule has 3 saturated heterocycles. The average molecular weight is 443 g/mol. The number of para-hydroxylation sites is 2. The number of ether oxygens (including phenoxy) is 2. The molecule has 4 nitrogen and oxygen atoms in total. The van der Waals surface area contributed by atoms with Crippen molar-refractivity contribution in [1.29, 1.82) is 0 Å². The van der Waals surface area contributed by atoms with Crippen LogP contribution in [0.15, 0.2) is 78.9 Å². The molecule has 0 spiro atoms. The van der Waals surface area contributed by atoms with Gasteiger partial charge in [0.05, 0.1) is 19.9 Å². The first kappa shape index (κ1) is 21.8. The fourth-order valence-corrected chi connectivity index (χ4v) is 6.17. The zero-order valence-electron chi connectivity index (χ0n) is 19.9. The van der Waals surface area contributed by atoms with E-state index in [9.17, 15) is 0 Å². The van der Waals surface area contributed by atoms with Gasteiger partial charge in [-0.05, 0) is 67.2 Å². The molecule has 3 aromatic carbocycles. The highest BCUT2D eigenvalue weighted by Crippen LogP contribution is 2.46. The van der Waals surface area contributed by atoms with Crippen LogP contribution in [0.2, 0.25) is 0 Å². The highest BCUT2D eigenvalue weighted by molar-refractivity contribution is 5.59. The Bertz CT molecular complexity index is 1060. The van der Waals surface area contributed by atoms with Gasteiger partial charge >= 0.3 is 0 Å². The fraction of sp³-hybridized carbons (Fsp3) is 0.379. The lowest BCUT2D eigenvalue weighted by molar-refractivity contribution is 0.0185. The summed E-state index contributed by atoms with van der Waals surface area (Å²) in [6, 6.07) is 28.8. The summed E-state index contributed by atoms with van der Waals surface area (Å²) < 4.78 is 11.4. The molecule has 3 fully saturated rings. The van der Waals surface area contributed by atoms with Crippen LogP contribution in [0, 0.1) is 5.92 Å². The van der Waals surface area contributed by atoms with Crippen molar-refractivity contribution in [2.24, 2.45) is 5.92 Å². The molecule has 4 heteroatoms. The number of methoxy groups -OCH3 is 2. The molecule has 0 N–H and O–H groups in total. The monoisotopic (exact) mass is 442 g/mol. The maximum atomic E-state index is 5.76. The van der Waals surface area contributed by atoms with Gasteiger partial charge in [0, 0.05) is 25.0 Å². The standard InChI is InChI=1S/C29H34N2O2/c1-30(25-14-7-8-15-26(25)33-3)28-22-16-18-31(19-17-22)29(28)27(21-10-5-4-6-11-21)23-12-9-13-24(20-23)32-2/h4-15,20,22,27-29H,16-19H2,1-3H3/t27-,28+,29+/m0/s1. The first-order chi connectivity index (χ1) is 16.2. The van der Waals surface area contributed by atoms with Crippen LogP contribution in [0.3, 0.4) is 0 Å². The second kappa shape index (κ2) is 9.48. The van der Waals surface area contributed by atoms with E-state index in [2.05, 4.69) is 83.6 Å². The Hall–Kier alpha value is -2.98. The summed E-state index contributed by atoms with van der Waals surface area (Å²) in [6.07, 6.45) is 2.50. The van der Waals surface area contributed by atoms with E-state index in [-0.39, 0.29) is 5.92 Å². The second-order valence-corrected chi connectivity index (χ2v) is 9.30. The second-order valence-electron chi connectivity index (χ2n) is 9.30. The third-order valence-corrected chi connectivity index (χ3v) is 7.69. The Balaban J connectivity index is 1.63. The molecular weight excluding hydrogens is 408 g/mol. The lowest BCUT2D eigenvalue weighted by atomic mass is 9.70. The van der Waals surface area contributed by atoms with Crippen LogP contribution in [0.4, 0.5) is 5.69 Å². The van der Waals surface area contributed by atoms with E-state index < -0.39 is 0 Å². The molecule has 2 bridgehead atoms. The number of hydrogen-bond donors (Lipinski definition) is 0. The Kier molecular flexibility index (Phi) is 6.28. The summed E-state index contributed by atoms with van der Waals surface area (Å²) in [5, 5.41) is 0. The molecule has 0 unspecified atom stereocenters. The van der Waals surface area contributed by atoms with Gasteiger partial charge in [-0.2, -0.15) is 0 Å². The molecule has 3 aliphatic rings. The van der Waals surface area contributed by atoms with Gasteiger partial charge in [-0.1, -0.05) is 54.6 Å². The highest BCUT2D eigenvalue weighted by Gasteiger charge is 2.48. The van der Waals surface area contributed by atoms with E-state index >= 15 is 0 Å². The molecule has 3 aliphatic heterocycles. The number of likely N-dealkylation sites (N-methyl/N-ethyl adjacent to an activating group) is 1. The van der Waals surface area contributed by atoms with Gasteiger partial charge in [0.1, 0.15) is 11.5 Å². The zero-order chi connectivity index (χ0) is 22.8. The van der Waals surface area contributed by atoms with Crippen molar-refractivity contribution in [2.75, 3.05) is 39.3 Å². The number of hydrogen-bond acceptors (Lipinski definition) is 4. The van der Waals surface area contributed by atoms with Crippen molar-refractivity contribution in [3.63, 3.8) is 0 Å². The van der Waals surface area contributed by atoms with Gasteiger partial charge < -0.3 is 14.4 Å². The molecule has 0 radical (unpaired) electrons. The average Bonchev–Trinajstić information content (AvgIpc) is 2.90. The molecule has 0 aliphatic carbocycles. The molecule has 0 amide bonds. The summed E-state index contributed by atoms with van der Waals surface area (Å²) in [6.45, 7) is 2.33. The maximum absolute atomic E-state index is 5.76. The van der Waals surface area contributed by atoms with Gasteiger partial charge in [0.2, 0.25) is 0 Å². The van der Waals surface area contributed by atoms with Crippen molar-refractivity contribution in [2.45, 2.75) is 30.8 Å². The third-order valence-electron chi connectivity index (χ3n) is 7.69. The lowest BCUT2D eigenvalue weighted by Gasteiger charge is -2.56. The number of rotatable bonds is 7. The van der Waals surface area contributed by atoms with Gasteiger partial charge in [0.25, 0.3) is 0 Å². The summed E-state index contributed by atoms with van der Waals surface area (Å²) in [5.41, 5.74) is 3.85.